The number of nitrogens with one attached hydrogen (secondary N) is 2. The van der Waals surface area contributed by atoms with Gasteiger partial charge in [-0.3, -0.25) is 4.79 Å². The van der Waals surface area contributed by atoms with E-state index in [1.807, 2.05) is 31.2 Å². The van der Waals surface area contributed by atoms with Crippen LogP contribution in [0, 0.1) is 0 Å². The first-order valence-electron chi connectivity index (χ1n) is 6.85. The fourth-order valence-electron chi connectivity index (χ4n) is 1.97. The summed E-state index contributed by atoms with van der Waals surface area (Å²) < 4.78 is 5.12. The number of carbonyl (C=O) groups is 1. The van der Waals surface area contributed by atoms with Crippen molar-refractivity contribution in [3.63, 3.8) is 0 Å². The van der Waals surface area contributed by atoms with Gasteiger partial charge in [-0.25, -0.2) is 0 Å². The minimum Gasteiger partial charge on any atom is -0.497 e. The van der Waals surface area contributed by atoms with Gasteiger partial charge in [-0.05, 0) is 37.5 Å². The van der Waals surface area contributed by atoms with E-state index in [1.54, 1.807) is 7.11 Å². The van der Waals surface area contributed by atoms with Gasteiger partial charge in [0.25, 0.3) is 0 Å². The monoisotopic (exact) mass is 262 g/mol. The van der Waals surface area contributed by atoms with Crippen molar-refractivity contribution < 1.29 is 9.53 Å². The van der Waals surface area contributed by atoms with Crippen LogP contribution in [0.15, 0.2) is 24.3 Å². The lowest BCUT2D eigenvalue weighted by atomic mass is 10.1. The molecule has 1 aromatic rings. The summed E-state index contributed by atoms with van der Waals surface area (Å²) in [4.78, 5) is 11.8. The Kier molecular flexibility index (Phi) is 4.80. The quantitative estimate of drug-likeness (QED) is 0.790. The maximum absolute atomic E-state index is 11.8. The molecule has 1 fully saturated rings. The van der Waals surface area contributed by atoms with E-state index >= 15 is 0 Å². The van der Waals surface area contributed by atoms with E-state index in [-0.39, 0.29) is 11.9 Å². The predicted molar refractivity (Wildman–Crippen MR) is 75.2 cm³/mol. The van der Waals surface area contributed by atoms with Crippen molar-refractivity contribution in [2.24, 2.45) is 0 Å². The molecule has 1 amide bonds. The first-order valence-corrected chi connectivity index (χ1v) is 6.85. The summed E-state index contributed by atoms with van der Waals surface area (Å²) in [6.07, 6.45) is 3.05. The van der Waals surface area contributed by atoms with Crippen LogP contribution < -0.4 is 15.4 Å². The van der Waals surface area contributed by atoms with E-state index in [0.29, 0.717) is 12.5 Å². The van der Waals surface area contributed by atoms with Gasteiger partial charge in [0, 0.05) is 19.0 Å². The number of ether oxygens (including phenoxy) is 1. The molecule has 0 spiro atoms. The first kappa shape index (κ1) is 13.9. The predicted octanol–water partition coefficient (Wildman–Crippen LogP) is 2.01. The highest BCUT2D eigenvalue weighted by atomic mass is 16.5. The molecule has 104 valence electrons. The molecule has 1 saturated carbocycles. The second-order valence-electron chi connectivity index (χ2n) is 5.04. The molecule has 0 saturated heterocycles. The Morgan fingerprint density at radius 3 is 2.63 bits per heavy atom. The molecule has 2 rings (SSSR count). The third-order valence-electron chi connectivity index (χ3n) is 3.36. The van der Waals surface area contributed by atoms with Crippen molar-refractivity contribution in [3.05, 3.63) is 29.8 Å². The molecule has 19 heavy (non-hydrogen) atoms. The highest BCUT2D eigenvalue weighted by Gasteiger charge is 2.20. The molecular weight excluding hydrogens is 240 g/mol. The maximum atomic E-state index is 11.8. The van der Waals surface area contributed by atoms with Gasteiger partial charge >= 0.3 is 0 Å². The molecule has 0 bridgehead atoms. The Bertz CT molecular complexity index is 413. The Labute approximate surface area is 114 Å². The van der Waals surface area contributed by atoms with E-state index in [2.05, 4.69) is 10.6 Å². The van der Waals surface area contributed by atoms with Crippen molar-refractivity contribution in [1.82, 2.24) is 10.6 Å². The van der Waals surface area contributed by atoms with Crippen LogP contribution >= 0.6 is 0 Å². The van der Waals surface area contributed by atoms with Crippen LogP contribution in [-0.2, 0) is 4.79 Å². The van der Waals surface area contributed by atoms with Gasteiger partial charge in [0.1, 0.15) is 5.75 Å². The second-order valence-corrected chi connectivity index (χ2v) is 5.04. The topological polar surface area (TPSA) is 50.4 Å². The number of hydrogen-bond acceptors (Lipinski definition) is 3. The summed E-state index contributed by atoms with van der Waals surface area (Å²) in [5.41, 5.74) is 1.09. The first-order chi connectivity index (χ1) is 9.19. The summed E-state index contributed by atoms with van der Waals surface area (Å²) in [7, 11) is 1.65. The molecule has 1 aliphatic carbocycles. The van der Waals surface area contributed by atoms with Crippen molar-refractivity contribution in [1.29, 1.82) is 0 Å². The van der Waals surface area contributed by atoms with Gasteiger partial charge in [0.05, 0.1) is 13.2 Å². The number of amides is 1. The van der Waals surface area contributed by atoms with E-state index < -0.39 is 0 Å². The Balaban J connectivity index is 1.74. The van der Waals surface area contributed by atoms with Crippen molar-refractivity contribution >= 4 is 5.91 Å². The Hall–Kier alpha value is -1.55. The molecule has 0 heterocycles. The molecule has 1 aromatic carbocycles. The van der Waals surface area contributed by atoms with E-state index in [9.17, 15) is 4.79 Å². The molecular formula is C15H22N2O2. The highest BCUT2D eigenvalue weighted by Crippen LogP contribution is 2.19. The molecule has 1 atom stereocenters. The zero-order valence-electron chi connectivity index (χ0n) is 11.6. The number of methoxy groups -OCH3 is 1. The number of benzene rings is 1. The number of carbonyl (C=O) groups excluding carboxylic acids is 1. The molecule has 4 heteroatoms. The van der Waals surface area contributed by atoms with Crippen LogP contribution in [0.1, 0.15) is 37.8 Å². The van der Waals surface area contributed by atoms with Gasteiger partial charge in [0.2, 0.25) is 5.91 Å². The molecule has 1 unspecified atom stereocenters. The van der Waals surface area contributed by atoms with Gasteiger partial charge in [-0.2, -0.15) is 0 Å². The summed E-state index contributed by atoms with van der Waals surface area (Å²) >= 11 is 0. The molecule has 0 aliphatic heterocycles. The van der Waals surface area contributed by atoms with Crippen LogP contribution in [0.3, 0.4) is 0 Å². The summed E-state index contributed by atoms with van der Waals surface area (Å²) in [6, 6.07) is 8.46. The van der Waals surface area contributed by atoms with E-state index in [0.717, 1.165) is 17.9 Å². The lowest BCUT2D eigenvalue weighted by Crippen LogP contribution is -2.30. The molecule has 2 N–H and O–H groups in total. The van der Waals surface area contributed by atoms with Crippen molar-refractivity contribution in [2.45, 2.75) is 38.3 Å². The Morgan fingerprint density at radius 2 is 2.05 bits per heavy atom. The normalized spacial score (nSPS) is 15.9. The third-order valence-corrected chi connectivity index (χ3v) is 3.36. The standard InChI is InChI=1S/C15H22N2O2/c1-11(12-3-7-14(19-2)8-4-12)17-15(18)9-10-16-13-5-6-13/h3-4,7-8,11,13,16H,5-6,9-10H2,1-2H3,(H,17,18). The SMILES string of the molecule is COc1ccc(C(C)NC(=O)CCNC2CC2)cc1. The van der Waals surface area contributed by atoms with Gasteiger partial charge < -0.3 is 15.4 Å². The van der Waals surface area contributed by atoms with Crippen molar-refractivity contribution in [3.8, 4) is 5.75 Å². The fraction of sp³-hybridized carbons (Fsp3) is 0.533. The van der Waals surface area contributed by atoms with Gasteiger partial charge in [0.15, 0.2) is 0 Å². The summed E-state index contributed by atoms with van der Waals surface area (Å²) in [5.74, 6) is 0.923. The minimum atomic E-state index is 0.0272. The molecule has 0 aromatic heterocycles. The van der Waals surface area contributed by atoms with Gasteiger partial charge in [-0.15, -0.1) is 0 Å². The largest absolute Gasteiger partial charge is 0.497 e. The van der Waals surface area contributed by atoms with Crippen LogP contribution in [0.5, 0.6) is 5.75 Å². The lowest BCUT2D eigenvalue weighted by Gasteiger charge is -2.15. The summed E-state index contributed by atoms with van der Waals surface area (Å²) in [5, 5.41) is 6.35. The highest BCUT2D eigenvalue weighted by molar-refractivity contribution is 5.76. The van der Waals surface area contributed by atoms with E-state index in [4.69, 9.17) is 4.74 Å². The zero-order valence-corrected chi connectivity index (χ0v) is 11.6. The fourth-order valence-corrected chi connectivity index (χ4v) is 1.97. The number of hydrogen-bond donors (Lipinski definition) is 2. The van der Waals surface area contributed by atoms with Crippen LogP contribution in [0.25, 0.3) is 0 Å². The molecule has 4 nitrogen and oxygen atoms in total. The average molecular weight is 262 g/mol. The lowest BCUT2D eigenvalue weighted by molar-refractivity contribution is -0.121. The third kappa shape index (κ3) is 4.56. The smallest absolute Gasteiger partial charge is 0.221 e. The maximum Gasteiger partial charge on any atom is 0.221 e. The molecule has 0 radical (unpaired) electrons. The summed E-state index contributed by atoms with van der Waals surface area (Å²) in [6.45, 7) is 2.76. The minimum absolute atomic E-state index is 0.0272. The Morgan fingerprint density at radius 1 is 1.37 bits per heavy atom. The van der Waals surface area contributed by atoms with Gasteiger partial charge in [-0.1, -0.05) is 12.1 Å². The van der Waals surface area contributed by atoms with Crippen LogP contribution in [-0.4, -0.2) is 25.6 Å². The zero-order chi connectivity index (χ0) is 13.7. The number of rotatable bonds is 7. The second kappa shape index (κ2) is 6.57. The van der Waals surface area contributed by atoms with Crippen molar-refractivity contribution in [2.75, 3.05) is 13.7 Å². The molecule has 1 aliphatic rings. The van der Waals surface area contributed by atoms with E-state index in [1.165, 1.54) is 12.8 Å². The average Bonchev–Trinajstić information content (AvgIpc) is 3.23. The van der Waals surface area contributed by atoms with Crippen LogP contribution in [0.2, 0.25) is 0 Å². The van der Waals surface area contributed by atoms with Crippen LogP contribution in [0.4, 0.5) is 0 Å².